The van der Waals surface area contributed by atoms with Gasteiger partial charge in [0.2, 0.25) is 5.76 Å². The molecule has 1 aromatic heterocycles. The average molecular weight is 330 g/mol. The smallest absolute Gasteiger partial charge is 0.292 e. The van der Waals surface area contributed by atoms with Crippen molar-refractivity contribution in [3.05, 3.63) is 53.0 Å². The number of amides is 1. The minimum absolute atomic E-state index is 0.207. The Morgan fingerprint density at radius 3 is 2.92 bits per heavy atom. The van der Waals surface area contributed by atoms with E-state index in [9.17, 15) is 14.3 Å². The summed E-state index contributed by atoms with van der Waals surface area (Å²) in [6, 6.07) is 5.80. The molecule has 0 spiro atoms. The highest BCUT2D eigenvalue weighted by Crippen LogP contribution is 2.41. The number of rotatable bonds is 3. The molecule has 0 unspecified atom stereocenters. The average Bonchev–Trinajstić information content (AvgIpc) is 3.22. The van der Waals surface area contributed by atoms with Gasteiger partial charge in [0.1, 0.15) is 5.82 Å². The predicted octanol–water partition coefficient (Wildman–Crippen LogP) is 2.95. The van der Waals surface area contributed by atoms with Crippen molar-refractivity contribution in [1.29, 1.82) is 0 Å². The molecule has 24 heavy (non-hydrogen) atoms. The second-order valence-electron chi connectivity index (χ2n) is 6.66. The van der Waals surface area contributed by atoms with Gasteiger partial charge in [0, 0.05) is 12.5 Å². The number of aryl methyl sites for hydroxylation is 1. The molecular weight excluding hydrogens is 311 g/mol. The van der Waals surface area contributed by atoms with Gasteiger partial charge >= 0.3 is 0 Å². The highest BCUT2D eigenvalue weighted by atomic mass is 19.1. The summed E-state index contributed by atoms with van der Waals surface area (Å²) in [7, 11) is 0. The van der Waals surface area contributed by atoms with Gasteiger partial charge in [-0.1, -0.05) is 12.1 Å². The van der Waals surface area contributed by atoms with Gasteiger partial charge in [-0.05, 0) is 43.9 Å². The van der Waals surface area contributed by atoms with Crippen molar-refractivity contribution >= 4 is 5.91 Å². The molecule has 1 saturated heterocycles. The van der Waals surface area contributed by atoms with Crippen LogP contribution in [-0.2, 0) is 0 Å². The van der Waals surface area contributed by atoms with Gasteiger partial charge in [0.05, 0.1) is 17.8 Å². The fraction of sp³-hybridized carbons (Fsp3) is 0.444. The van der Waals surface area contributed by atoms with E-state index in [0.29, 0.717) is 29.5 Å². The SMILES string of the molecule is Cc1nc(C2CC2)oc1C(=O)N1C[C@@H](O)C[C@@H]1c1cccc(F)c1. The first-order valence-corrected chi connectivity index (χ1v) is 8.24. The van der Waals surface area contributed by atoms with E-state index < -0.39 is 6.10 Å². The number of benzene rings is 1. The van der Waals surface area contributed by atoms with Crippen molar-refractivity contribution < 1.29 is 18.7 Å². The monoisotopic (exact) mass is 330 g/mol. The minimum Gasteiger partial charge on any atom is -0.435 e. The van der Waals surface area contributed by atoms with Crippen LogP contribution in [-0.4, -0.2) is 33.5 Å². The molecule has 0 radical (unpaired) electrons. The lowest BCUT2D eigenvalue weighted by Gasteiger charge is -2.24. The Hall–Kier alpha value is -2.21. The first kappa shape index (κ1) is 15.3. The fourth-order valence-electron chi connectivity index (χ4n) is 3.32. The number of β-amino-alcohol motifs (C(OH)–C–C–N with tert-alkyl or cyclic N) is 1. The lowest BCUT2D eigenvalue weighted by atomic mass is 10.0. The molecule has 2 heterocycles. The van der Waals surface area contributed by atoms with E-state index in [0.717, 1.165) is 12.8 Å². The second kappa shape index (κ2) is 5.70. The normalized spacial score (nSPS) is 23.7. The number of aliphatic hydroxyl groups excluding tert-OH is 1. The van der Waals surface area contributed by atoms with E-state index in [4.69, 9.17) is 4.42 Å². The third-order valence-electron chi connectivity index (χ3n) is 4.71. The summed E-state index contributed by atoms with van der Waals surface area (Å²) in [5.74, 6) is 0.532. The zero-order chi connectivity index (χ0) is 16.8. The second-order valence-corrected chi connectivity index (χ2v) is 6.66. The van der Waals surface area contributed by atoms with E-state index >= 15 is 0 Å². The van der Waals surface area contributed by atoms with Crippen molar-refractivity contribution in [1.82, 2.24) is 9.88 Å². The Kier molecular flexibility index (Phi) is 3.64. The van der Waals surface area contributed by atoms with Crippen LogP contribution in [0.25, 0.3) is 0 Å². The van der Waals surface area contributed by atoms with Crippen molar-refractivity contribution in [2.24, 2.45) is 0 Å². The molecule has 2 aromatic rings. The Morgan fingerprint density at radius 1 is 1.42 bits per heavy atom. The molecule has 2 fully saturated rings. The van der Waals surface area contributed by atoms with Crippen LogP contribution in [0.1, 0.15) is 58.9 Å². The lowest BCUT2D eigenvalue weighted by Crippen LogP contribution is -2.32. The highest BCUT2D eigenvalue weighted by molar-refractivity contribution is 5.93. The lowest BCUT2D eigenvalue weighted by molar-refractivity contribution is 0.0680. The van der Waals surface area contributed by atoms with Gasteiger partial charge in [-0.3, -0.25) is 4.79 Å². The Morgan fingerprint density at radius 2 is 2.21 bits per heavy atom. The summed E-state index contributed by atoms with van der Waals surface area (Å²) >= 11 is 0. The Bertz CT molecular complexity index is 784. The molecule has 5 nitrogen and oxygen atoms in total. The third-order valence-corrected chi connectivity index (χ3v) is 4.71. The number of hydrogen-bond acceptors (Lipinski definition) is 4. The fourth-order valence-corrected chi connectivity index (χ4v) is 3.32. The van der Waals surface area contributed by atoms with Gasteiger partial charge in [0.15, 0.2) is 5.89 Å². The molecule has 6 heteroatoms. The zero-order valence-electron chi connectivity index (χ0n) is 13.4. The molecule has 2 atom stereocenters. The first-order chi connectivity index (χ1) is 11.5. The summed E-state index contributed by atoms with van der Waals surface area (Å²) < 4.78 is 19.2. The van der Waals surface area contributed by atoms with Crippen LogP contribution in [0.3, 0.4) is 0 Å². The maximum atomic E-state index is 13.5. The number of carbonyl (C=O) groups excluding carboxylic acids is 1. The molecular formula is C18H19FN2O3. The maximum Gasteiger partial charge on any atom is 0.292 e. The van der Waals surface area contributed by atoms with Crippen LogP contribution in [0.4, 0.5) is 4.39 Å². The standard InChI is InChI=1S/C18H19FN2O3/c1-10-16(24-17(20-10)11-5-6-11)18(23)21-9-14(22)8-15(21)12-3-2-4-13(19)7-12/h2-4,7,11,14-15,22H,5-6,8-9H2,1H3/t14-,15+/m0/s1. The van der Waals surface area contributed by atoms with E-state index in [1.54, 1.807) is 24.0 Å². The molecule has 4 rings (SSSR count). The molecule has 1 saturated carbocycles. The van der Waals surface area contributed by atoms with Gasteiger partial charge in [-0.15, -0.1) is 0 Å². The topological polar surface area (TPSA) is 66.6 Å². The summed E-state index contributed by atoms with van der Waals surface area (Å²) in [6.07, 6.45) is 1.84. The summed E-state index contributed by atoms with van der Waals surface area (Å²) in [6.45, 7) is 1.96. The maximum absolute atomic E-state index is 13.5. The number of aromatic nitrogens is 1. The summed E-state index contributed by atoms with van der Waals surface area (Å²) in [5, 5.41) is 10.0. The largest absolute Gasteiger partial charge is 0.435 e. The quantitative estimate of drug-likeness (QED) is 0.939. The number of carbonyl (C=O) groups is 1. The summed E-state index contributed by atoms with van der Waals surface area (Å²) in [5.41, 5.74) is 1.25. The van der Waals surface area contributed by atoms with Gasteiger partial charge < -0.3 is 14.4 Å². The third kappa shape index (κ3) is 2.71. The molecule has 1 aliphatic heterocycles. The zero-order valence-corrected chi connectivity index (χ0v) is 13.4. The van der Waals surface area contributed by atoms with Crippen LogP contribution in [0.2, 0.25) is 0 Å². The van der Waals surface area contributed by atoms with Crippen molar-refractivity contribution in [3.63, 3.8) is 0 Å². The van der Waals surface area contributed by atoms with E-state index in [1.807, 2.05) is 0 Å². The molecule has 1 aliphatic carbocycles. The number of aliphatic hydroxyl groups is 1. The molecule has 1 amide bonds. The highest BCUT2D eigenvalue weighted by Gasteiger charge is 2.39. The van der Waals surface area contributed by atoms with Gasteiger partial charge in [-0.25, -0.2) is 9.37 Å². The number of hydrogen-bond donors (Lipinski definition) is 1. The van der Waals surface area contributed by atoms with Crippen molar-refractivity contribution in [2.45, 2.75) is 44.2 Å². The number of likely N-dealkylation sites (tertiary alicyclic amines) is 1. The minimum atomic E-state index is -0.631. The molecule has 1 N–H and O–H groups in total. The van der Waals surface area contributed by atoms with Crippen LogP contribution in [0.15, 0.2) is 28.7 Å². The van der Waals surface area contributed by atoms with E-state index in [2.05, 4.69) is 4.98 Å². The van der Waals surface area contributed by atoms with E-state index in [1.165, 1.54) is 12.1 Å². The predicted molar refractivity (Wildman–Crippen MR) is 84.0 cm³/mol. The van der Waals surface area contributed by atoms with Crippen molar-refractivity contribution in [2.75, 3.05) is 6.54 Å². The van der Waals surface area contributed by atoms with Crippen molar-refractivity contribution in [3.8, 4) is 0 Å². The summed E-state index contributed by atoms with van der Waals surface area (Å²) in [4.78, 5) is 18.8. The van der Waals surface area contributed by atoms with Crippen LogP contribution >= 0.6 is 0 Å². The molecule has 126 valence electrons. The van der Waals surface area contributed by atoms with Crippen LogP contribution in [0.5, 0.6) is 0 Å². The Labute approximate surface area is 139 Å². The Balaban J connectivity index is 1.64. The number of halogens is 1. The molecule has 1 aromatic carbocycles. The van der Waals surface area contributed by atoms with Gasteiger partial charge in [0.25, 0.3) is 5.91 Å². The van der Waals surface area contributed by atoms with Crippen LogP contribution < -0.4 is 0 Å². The van der Waals surface area contributed by atoms with Gasteiger partial charge in [-0.2, -0.15) is 0 Å². The number of oxazole rings is 1. The molecule has 2 aliphatic rings. The molecule has 0 bridgehead atoms. The number of nitrogens with zero attached hydrogens (tertiary/aromatic N) is 2. The van der Waals surface area contributed by atoms with Crippen LogP contribution in [0, 0.1) is 12.7 Å². The van der Waals surface area contributed by atoms with E-state index in [-0.39, 0.29) is 30.1 Å². The first-order valence-electron chi connectivity index (χ1n) is 8.24.